The summed E-state index contributed by atoms with van der Waals surface area (Å²) in [5, 5.41) is -0.116. The summed E-state index contributed by atoms with van der Waals surface area (Å²) in [5.41, 5.74) is -0.607. The van der Waals surface area contributed by atoms with E-state index >= 15 is 0 Å². The van der Waals surface area contributed by atoms with E-state index in [4.69, 9.17) is 15.9 Å². The van der Waals surface area contributed by atoms with Crippen LogP contribution in [0.15, 0.2) is 29.6 Å². The number of rotatable bonds is 6. The van der Waals surface area contributed by atoms with Gasteiger partial charge in [0.15, 0.2) is 29.9 Å². The Kier molecular flexibility index (Phi) is 9.45. The molecule has 3 heterocycles. The molecule has 2 unspecified atom stereocenters. The maximum Gasteiger partial charge on any atom is 0.428 e. The lowest BCUT2D eigenvalue weighted by Gasteiger charge is -2.30. The number of carbonyl (C=O) groups is 1. The smallest absolute Gasteiger partial charge is 0.428 e. The average Bonchev–Trinajstić information content (AvgIpc) is 2.83. The number of ether oxygens (including phenoxy) is 2. The molecule has 0 fully saturated rings. The van der Waals surface area contributed by atoms with Gasteiger partial charge < -0.3 is 9.47 Å². The SMILES string of the molecule is C#CCOc1cnc(/C(F)=C/c2cnc(F)c(C3CC(C)SC(N(SF)C(=O)OC(C)(C)C)=N3)c2)cn1. The fourth-order valence-corrected chi connectivity index (χ4v) is 4.55. The monoisotopic (exact) mass is 551 g/mol. The standard InChI is InChI=1S/C24H24F3N5O3S2/c1-6-7-34-20-13-28-19(12-29-20)17(25)10-15-9-16(21(26)30-11-15)18-8-14(2)36-22(31-18)32(37-27)23(33)35-24(3,4)5/h1,9-14,18H,7-8H2,2-5H3/b17-10-. The summed E-state index contributed by atoms with van der Waals surface area (Å²) in [6.07, 6.45) is 9.24. The summed E-state index contributed by atoms with van der Waals surface area (Å²) in [6.45, 7) is 6.80. The molecule has 3 rings (SSSR count). The predicted octanol–water partition coefficient (Wildman–Crippen LogP) is 6.18. The van der Waals surface area contributed by atoms with Crippen molar-refractivity contribution in [2.24, 2.45) is 4.99 Å². The summed E-state index contributed by atoms with van der Waals surface area (Å²) in [5.74, 6) is 0.879. The Labute approximate surface area is 221 Å². The minimum atomic E-state index is -0.937. The van der Waals surface area contributed by atoms with Gasteiger partial charge in [-0.05, 0) is 44.9 Å². The van der Waals surface area contributed by atoms with Crippen LogP contribution in [0.2, 0.25) is 0 Å². The Morgan fingerprint density at radius 2 is 2.08 bits per heavy atom. The van der Waals surface area contributed by atoms with Gasteiger partial charge in [-0.25, -0.2) is 24.1 Å². The Balaban J connectivity index is 1.88. The van der Waals surface area contributed by atoms with Crippen molar-refractivity contribution in [1.29, 1.82) is 0 Å². The molecule has 13 heteroatoms. The first-order valence-electron chi connectivity index (χ1n) is 11.0. The fourth-order valence-electron chi connectivity index (χ4n) is 3.14. The molecule has 0 bridgehead atoms. The number of nitrogens with zero attached hydrogens (tertiary/aromatic N) is 5. The predicted molar refractivity (Wildman–Crippen MR) is 138 cm³/mol. The van der Waals surface area contributed by atoms with Crippen LogP contribution in [-0.2, 0) is 4.74 Å². The lowest BCUT2D eigenvalue weighted by molar-refractivity contribution is 0.0473. The molecule has 37 heavy (non-hydrogen) atoms. The maximum atomic E-state index is 14.8. The highest BCUT2D eigenvalue weighted by atomic mass is 32.2. The van der Waals surface area contributed by atoms with E-state index in [0.29, 0.717) is 10.7 Å². The third-order valence-corrected chi connectivity index (χ3v) is 6.32. The van der Waals surface area contributed by atoms with E-state index in [0.717, 1.165) is 24.0 Å². The number of thioether (sulfide) groups is 1. The summed E-state index contributed by atoms with van der Waals surface area (Å²) in [7, 11) is 0. The molecule has 0 aliphatic carbocycles. The number of hydrogen-bond donors (Lipinski definition) is 0. The molecule has 0 aromatic carbocycles. The second-order valence-electron chi connectivity index (χ2n) is 8.81. The molecule has 1 aliphatic rings. The van der Waals surface area contributed by atoms with Gasteiger partial charge in [0.05, 0.1) is 18.4 Å². The van der Waals surface area contributed by atoms with Crippen LogP contribution in [0.3, 0.4) is 0 Å². The van der Waals surface area contributed by atoms with Gasteiger partial charge >= 0.3 is 6.09 Å². The molecule has 0 N–H and O–H groups in total. The molecule has 2 aromatic heterocycles. The number of amides is 1. The van der Waals surface area contributed by atoms with Crippen molar-refractivity contribution in [3.05, 3.63) is 47.4 Å². The van der Waals surface area contributed by atoms with Gasteiger partial charge in [-0.2, -0.15) is 8.70 Å². The van der Waals surface area contributed by atoms with Gasteiger partial charge in [-0.3, -0.25) is 4.99 Å². The van der Waals surface area contributed by atoms with Crippen LogP contribution in [0, 0.1) is 18.3 Å². The molecular formula is C24H24F3N5O3S2. The highest BCUT2D eigenvalue weighted by Crippen LogP contribution is 2.38. The Hall–Kier alpha value is -3.24. The van der Waals surface area contributed by atoms with Crippen LogP contribution >= 0.6 is 24.1 Å². The summed E-state index contributed by atoms with van der Waals surface area (Å²) in [6, 6.07) is 0.605. The van der Waals surface area contributed by atoms with Crippen LogP contribution < -0.4 is 4.74 Å². The van der Waals surface area contributed by atoms with Crippen LogP contribution in [-0.4, -0.2) is 48.0 Å². The molecule has 0 saturated heterocycles. The molecule has 196 valence electrons. The molecule has 0 spiro atoms. The number of aliphatic imine (C=N–C) groups is 1. The first-order valence-corrected chi connectivity index (χ1v) is 12.5. The quantitative estimate of drug-likeness (QED) is 0.239. The van der Waals surface area contributed by atoms with E-state index in [2.05, 4.69) is 25.9 Å². The van der Waals surface area contributed by atoms with Gasteiger partial charge in [-0.1, -0.05) is 24.6 Å². The van der Waals surface area contributed by atoms with E-state index in [1.165, 1.54) is 18.5 Å². The zero-order valence-corrected chi connectivity index (χ0v) is 22.1. The second kappa shape index (κ2) is 12.3. The highest BCUT2D eigenvalue weighted by molar-refractivity contribution is 8.15. The van der Waals surface area contributed by atoms with Gasteiger partial charge in [0.2, 0.25) is 11.8 Å². The molecule has 0 radical (unpaired) electrons. The van der Waals surface area contributed by atoms with Crippen LogP contribution in [0.1, 0.15) is 57.0 Å². The van der Waals surface area contributed by atoms with E-state index in [1.807, 2.05) is 6.92 Å². The van der Waals surface area contributed by atoms with Gasteiger partial charge in [0.25, 0.3) is 0 Å². The van der Waals surface area contributed by atoms with Gasteiger partial charge in [0, 0.05) is 17.0 Å². The minimum Gasteiger partial charge on any atom is -0.463 e. The fraction of sp³-hybridized carbons (Fsp3) is 0.375. The summed E-state index contributed by atoms with van der Waals surface area (Å²) in [4.78, 5) is 28.5. The molecule has 1 amide bonds. The van der Waals surface area contributed by atoms with Crippen LogP contribution in [0.25, 0.3) is 11.9 Å². The van der Waals surface area contributed by atoms with Crippen LogP contribution in [0.4, 0.5) is 17.5 Å². The molecule has 2 aromatic rings. The largest absolute Gasteiger partial charge is 0.463 e. The molecule has 8 nitrogen and oxygen atoms in total. The Bertz CT molecular complexity index is 1230. The van der Waals surface area contributed by atoms with Crippen LogP contribution in [0.5, 0.6) is 5.88 Å². The lowest BCUT2D eigenvalue weighted by atomic mass is 10.0. The van der Waals surface area contributed by atoms with Gasteiger partial charge in [-0.15, -0.1) is 10.3 Å². The van der Waals surface area contributed by atoms with Crippen molar-refractivity contribution in [3.8, 4) is 18.2 Å². The van der Waals surface area contributed by atoms with Crippen molar-refractivity contribution >= 4 is 47.3 Å². The Morgan fingerprint density at radius 1 is 1.32 bits per heavy atom. The Morgan fingerprint density at radius 3 is 2.70 bits per heavy atom. The van der Waals surface area contributed by atoms with E-state index in [1.54, 1.807) is 20.8 Å². The number of terminal acetylenes is 1. The van der Waals surface area contributed by atoms with Crippen molar-refractivity contribution in [1.82, 2.24) is 19.3 Å². The number of amidine groups is 1. The third-order valence-electron chi connectivity index (χ3n) is 4.65. The van der Waals surface area contributed by atoms with Crippen molar-refractivity contribution in [2.75, 3.05) is 6.61 Å². The average molecular weight is 552 g/mol. The van der Waals surface area contributed by atoms with E-state index in [-0.39, 0.29) is 52.1 Å². The topological polar surface area (TPSA) is 89.8 Å². The number of carbonyl (C=O) groups excluding carboxylic acids is 1. The van der Waals surface area contributed by atoms with Crippen molar-refractivity contribution < 1.29 is 26.9 Å². The highest BCUT2D eigenvalue weighted by Gasteiger charge is 2.34. The first-order chi connectivity index (χ1) is 17.5. The maximum absolute atomic E-state index is 14.8. The lowest BCUT2D eigenvalue weighted by Crippen LogP contribution is -2.36. The normalized spacial score (nSPS) is 18.0. The first kappa shape index (κ1) is 28.3. The third kappa shape index (κ3) is 7.87. The van der Waals surface area contributed by atoms with E-state index in [9.17, 15) is 17.5 Å². The van der Waals surface area contributed by atoms with Crippen molar-refractivity contribution in [2.45, 2.75) is 51.0 Å². The summed E-state index contributed by atoms with van der Waals surface area (Å²) >= 11 is 0.809. The molecular weight excluding hydrogens is 527 g/mol. The van der Waals surface area contributed by atoms with Crippen molar-refractivity contribution in [3.63, 3.8) is 0 Å². The summed E-state index contributed by atoms with van der Waals surface area (Å²) < 4.78 is 54.3. The molecule has 0 saturated carbocycles. The number of aromatic nitrogens is 3. The number of hydrogen-bond acceptors (Lipinski definition) is 9. The minimum absolute atomic E-state index is 0.00158. The van der Waals surface area contributed by atoms with Gasteiger partial charge in [0.1, 0.15) is 11.3 Å². The number of pyridine rings is 1. The zero-order chi connectivity index (χ0) is 27.2. The second-order valence-corrected chi connectivity index (χ2v) is 10.7. The molecule has 1 aliphatic heterocycles. The number of halogens is 3. The molecule has 2 atom stereocenters. The van der Waals surface area contributed by atoms with E-state index < -0.39 is 29.5 Å². The zero-order valence-electron chi connectivity index (χ0n) is 20.4.